The predicted molar refractivity (Wildman–Crippen MR) is 82.6 cm³/mol. The van der Waals surface area contributed by atoms with Gasteiger partial charge in [-0.1, -0.05) is 0 Å². The van der Waals surface area contributed by atoms with E-state index in [0.29, 0.717) is 6.04 Å². The van der Waals surface area contributed by atoms with Gasteiger partial charge in [0.05, 0.1) is 6.04 Å². The molecule has 19 heavy (non-hydrogen) atoms. The van der Waals surface area contributed by atoms with Gasteiger partial charge >= 0.3 is 0 Å². The van der Waals surface area contributed by atoms with E-state index < -0.39 is 0 Å². The minimum absolute atomic E-state index is 0.375. The maximum absolute atomic E-state index is 3.61. The van der Waals surface area contributed by atoms with Gasteiger partial charge in [0.15, 0.2) is 0 Å². The van der Waals surface area contributed by atoms with E-state index in [9.17, 15) is 0 Å². The fourth-order valence-electron chi connectivity index (χ4n) is 2.86. The maximum Gasteiger partial charge on any atom is 0.0738 e. The molecule has 2 nitrogen and oxygen atoms in total. The van der Waals surface area contributed by atoms with E-state index in [1.807, 2.05) is 11.3 Å². The molecule has 1 aliphatic rings. The van der Waals surface area contributed by atoms with Crippen molar-refractivity contribution in [3.05, 3.63) is 44.9 Å². The smallest absolute Gasteiger partial charge is 0.0738 e. The number of nitrogens with zero attached hydrogens (tertiary/aromatic N) is 1. The van der Waals surface area contributed by atoms with Crippen LogP contribution in [0.3, 0.4) is 0 Å². The number of hydrogen-bond donors (Lipinski definition) is 1. The second-order valence-corrected chi connectivity index (χ2v) is 6.77. The molecule has 0 saturated carbocycles. The quantitative estimate of drug-likeness (QED) is 0.880. The summed E-state index contributed by atoms with van der Waals surface area (Å²) in [6.07, 6.45) is 5.29. The third-order valence-corrected chi connectivity index (χ3v) is 5.46. The molecule has 0 amide bonds. The van der Waals surface area contributed by atoms with Gasteiger partial charge in [0.25, 0.3) is 0 Å². The molecule has 0 fully saturated rings. The molecule has 1 unspecified atom stereocenters. The lowest BCUT2D eigenvalue weighted by molar-refractivity contribution is 0.693. The number of hydrogen-bond acceptors (Lipinski definition) is 2. The van der Waals surface area contributed by atoms with Gasteiger partial charge in [-0.15, -0.1) is 11.3 Å². The molecule has 0 bridgehead atoms. The third kappa shape index (κ3) is 2.44. The van der Waals surface area contributed by atoms with Crippen molar-refractivity contribution in [2.75, 3.05) is 5.43 Å². The maximum atomic E-state index is 3.61. The van der Waals surface area contributed by atoms with Crippen molar-refractivity contribution < 1.29 is 0 Å². The molecule has 2 heterocycles. The molecule has 1 aliphatic carbocycles. The van der Waals surface area contributed by atoms with E-state index >= 15 is 0 Å². The lowest BCUT2D eigenvalue weighted by Crippen LogP contribution is -2.20. The van der Waals surface area contributed by atoms with Crippen LogP contribution in [0.2, 0.25) is 0 Å². The summed E-state index contributed by atoms with van der Waals surface area (Å²) in [4.78, 5) is 3.09. The average Bonchev–Trinajstić information content (AvgIpc) is 2.97. The first-order chi connectivity index (χ1) is 9.15. The molecule has 1 N–H and O–H groups in total. The zero-order valence-electron chi connectivity index (χ0n) is 12.0. The molecule has 0 spiro atoms. The van der Waals surface area contributed by atoms with Gasteiger partial charge in [-0.2, -0.15) is 0 Å². The lowest BCUT2D eigenvalue weighted by atomic mass is 9.99. The van der Waals surface area contributed by atoms with E-state index in [1.165, 1.54) is 41.9 Å². The van der Waals surface area contributed by atoms with Crippen molar-refractivity contribution in [2.24, 2.45) is 0 Å². The summed E-state index contributed by atoms with van der Waals surface area (Å²) in [6, 6.07) is 7.12. The minimum atomic E-state index is 0.375. The predicted octanol–water partition coefficient (Wildman–Crippen LogP) is 4.35. The first kappa shape index (κ1) is 12.8. The van der Waals surface area contributed by atoms with Crippen molar-refractivity contribution in [3.8, 4) is 0 Å². The molecule has 3 rings (SSSR count). The Morgan fingerprint density at radius 3 is 2.53 bits per heavy atom. The van der Waals surface area contributed by atoms with E-state index in [0.717, 1.165) is 0 Å². The SMILES string of the molecule is Cc1ccc(C)n1NC(C)c1cc2c(s1)CCCC2. The van der Waals surface area contributed by atoms with Gasteiger partial charge in [-0.3, -0.25) is 4.68 Å². The molecular weight excluding hydrogens is 252 g/mol. The fraction of sp³-hybridized carbons (Fsp3) is 0.500. The second kappa shape index (κ2) is 5.04. The summed E-state index contributed by atoms with van der Waals surface area (Å²) < 4.78 is 2.20. The topological polar surface area (TPSA) is 17.0 Å². The number of rotatable bonds is 3. The van der Waals surface area contributed by atoms with E-state index in [2.05, 4.69) is 49.1 Å². The van der Waals surface area contributed by atoms with Gasteiger partial charge in [0, 0.05) is 21.1 Å². The minimum Gasteiger partial charge on any atom is -0.318 e. The highest BCUT2D eigenvalue weighted by Crippen LogP contribution is 2.33. The first-order valence-electron chi connectivity index (χ1n) is 7.18. The highest BCUT2D eigenvalue weighted by Gasteiger charge is 2.17. The molecule has 2 aromatic heterocycles. The van der Waals surface area contributed by atoms with Crippen LogP contribution in [0, 0.1) is 13.8 Å². The van der Waals surface area contributed by atoms with E-state index in [1.54, 1.807) is 10.4 Å². The average molecular weight is 274 g/mol. The molecule has 1 atom stereocenters. The third-order valence-electron chi connectivity index (χ3n) is 4.04. The number of nitrogens with one attached hydrogen (secondary N) is 1. The summed E-state index contributed by atoms with van der Waals surface area (Å²) in [7, 11) is 0. The Morgan fingerprint density at radius 1 is 1.16 bits per heavy atom. The van der Waals surface area contributed by atoms with Crippen LogP contribution in [0.4, 0.5) is 0 Å². The summed E-state index contributed by atoms with van der Waals surface area (Å²) >= 11 is 2.00. The van der Waals surface area contributed by atoms with Crippen molar-refractivity contribution in [2.45, 2.75) is 52.5 Å². The van der Waals surface area contributed by atoms with Gasteiger partial charge in [0.2, 0.25) is 0 Å². The van der Waals surface area contributed by atoms with Crippen LogP contribution in [0.15, 0.2) is 18.2 Å². The Hall–Kier alpha value is -1.22. The monoisotopic (exact) mass is 274 g/mol. The van der Waals surface area contributed by atoms with E-state index in [-0.39, 0.29) is 0 Å². The second-order valence-electron chi connectivity index (χ2n) is 5.61. The van der Waals surface area contributed by atoms with Gasteiger partial charge in [-0.05, 0) is 70.2 Å². The van der Waals surface area contributed by atoms with Gasteiger partial charge in [0.1, 0.15) is 0 Å². The fourth-order valence-corrected chi connectivity index (χ4v) is 4.11. The highest BCUT2D eigenvalue weighted by molar-refractivity contribution is 7.12. The summed E-state index contributed by atoms with van der Waals surface area (Å²) in [6.45, 7) is 6.55. The van der Waals surface area contributed by atoms with Crippen LogP contribution in [-0.4, -0.2) is 4.68 Å². The van der Waals surface area contributed by atoms with Crippen molar-refractivity contribution in [1.29, 1.82) is 0 Å². The number of aryl methyl sites for hydroxylation is 4. The molecule has 2 aromatic rings. The van der Waals surface area contributed by atoms with E-state index in [4.69, 9.17) is 0 Å². The van der Waals surface area contributed by atoms with Crippen LogP contribution in [0.1, 0.15) is 52.5 Å². The summed E-state index contributed by atoms with van der Waals surface area (Å²) in [5.41, 5.74) is 7.75. The molecular formula is C16H22N2S. The highest BCUT2D eigenvalue weighted by atomic mass is 32.1. The van der Waals surface area contributed by atoms with Crippen LogP contribution < -0.4 is 5.43 Å². The molecule has 102 valence electrons. The Balaban J connectivity index is 1.80. The first-order valence-corrected chi connectivity index (χ1v) is 8.00. The van der Waals surface area contributed by atoms with Crippen LogP contribution in [0.5, 0.6) is 0 Å². The normalized spacial score (nSPS) is 16.2. The zero-order valence-corrected chi connectivity index (χ0v) is 12.8. The van der Waals surface area contributed by atoms with Crippen molar-refractivity contribution in [1.82, 2.24) is 4.68 Å². The van der Waals surface area contributed by atoms with Gasteiger partial charge < -0.3 is 5.43 Å². The Kier molecular flexibility index (Phi) is 3.40. The summed E-state index contributed by atoms with van der Waals surface area (Å²) in [5.74, 6) is 0. The molecule has 0 radical (unpaired) electrons. The number of thiophene rings is 1. The van der Waals surface area contributed by atoms with Crippen molar-refractivity contribution >= 4 is 11.3 Å². The molecule has 0 saturated heterocycles. The summed E-state index contributed by atoms with van der Waals surface area (Å²) in [5, 5.41) is 0. The molecule has 0 aliphatic heterocycles. The Bertz CT molecular complexity index is 537. The Labute approximate surface area is 119 Å². The standard InChI is InChI=1S/C16H22N2S/c1-11-8-9-12(2)18(11)17-13(3)16-10-14-6-4-5-7-15(14)19-16/h8-10,13,17H,4-7H2,1-3H3. The molecule has 0 aromatic carbocycles. The lowest BCUT2D eigenvalue weighted by Gasteiger charge is -2.18. The number of fused-ring (bicyclic) bond motifs is 1. The zero-order chi connectivity index (χ0) is 13.4. The van der Waals surface area contributed by atoms with Crippen LogP contribution in [-0.2, 0) is 12.8 Å². The Morgan fingerprint density at radius 2 is 1.84 bits per heavy atom. The molecule has 3 heteroatoms. The van der Waals surface area contributed by atoms with Crippen LogP contribution in [0.25, 0.3) is 0 Å². The van der Waals surface area contributed by atoms with Crippen molar-refractivity contribution in [3.63, 3.8) is 0 Å². The largest absolute Gasteiger partial charge is 0.318 e. The van der Waals surface area contributed by atoms with Crippen LogP contribution >= 0.6 is 11.3 Å². The number of aromatic nitrogens is 1. The van der Waals surface area contributed by atoms with Gasteiger partial charge in [-0.25, -0.2) is 0 Å².